The third-order valence-electron chi connectivity index (χ3n) is 7.80. The minimum absolute atomic E-state index is 1.26. The second-order valence-electron chi connectivity index (χ2n) is 11.0. The van der Waals surface area contributed by atoms with Crippen molar-refractivity contribution >= 4 is 66.7 Å². The van der Waals surface area contributed by atoms with Gasteiger partial charge in [-0.05, 0) is 0 Å². The molecule has 35 heavy (non-hydrogen) atoms. The van der Waals surface area contributed by atoms with Gasteiger partial charge >= 0.3 is 209 Å². The summed E-state index contributed by atoms with van der Waals surface area (Å²) in [5.74, 6) is 7.49. The maximum absolute atomic E-state index is 2.60. The van der Waals surface area contributed by atoms with Crippen LogP contribution >= 0.6 is 0 Å². The molecule has 3 aromatic heterocycles. The summed E-state index contributed by atoms with van der Waals surface area (Å²) >= 11 is -2.09. The van der Waals surface area contributed by atoms with Gasteiger partial charge in [0.1, 0.15) is 0 Å². The molecule has 0 atom stereocenters. The van der Waals surface area contributed by atoms with Gasteiger partial charge in [-0.1, -0.05) is 0 Å². The van der Waals surface area contributed by atoms with Crippen molar-refractivity contribution in [3.05, 3.63) is 90.6 Å². The topological polar surface area (TPSA) is 8.29 Å². The number of aromatic nitrogens is 2. The summed E-state index contributed by atoms with van der Waals surface area (Å²) < 4.78 is 6.48. The Labute approximate surface area is 208 Å². The normalized spacial score (nSPS) is 12.7. The molecular weight excluding hydrogens is 485 g/mol. The number of nitrogens with zero attached hydrogens (tertiary/aromatic N) is 2. The number of fused-ring (bicyclic) bond motifs is 5. The summed E-state index contributed by atoms with van der Waals surface area (Å²) in [6, 6.07) is 29.6. The van der Waals surface area contributed by atoms with Crippen molar-refractivity contribution in [2.75, 3.05) is 0 Å². The molecule has 0 saturated heterocycles. The van der Waals surface area contributed by atoms with Crippen LogP contribution in [0.5, 0.6) is 0 Å². The monoisotopic (exact) mass is 515 g/mol. The first kappa shape index (κ1) is 21.0. The van der Waals surface area contributed by atoms with E-state index in [1.165, 1.54) is 65.7 Å². The van der Waals surface area contributed by atoms with Crippen LogP contribution in [0, 0.1) is 6.92 Å². The molecule has 4 aromatic carbocycles. The average Bonchev–Trinajstić information content (AvgIpc) is 3.19. The molecule has 0 aliphatic carbocycles. The quantitative estimate of drug-likeness (QED) is 0.0989. The molecule has 3 heteroatoms. The molecule has 2 nitrogen and oxygen atoms in total. The van der Waals surface area contributed by atoms with Gasteiger partial charge in [0.25, 0.3) is 0 Å². The fourth-order valence-electron chi connectivity index (χ4n) is 6.04. The molecule has 0 fully saturated rings. The number of para-hydroxylation sites is 1. The van der Waals surface area contributed by atoms with E-state index < -0.39 is 13.3 Å². The zero-order chi connectivity index (χ0) is 24.1. The van der Waals surface area contributed by atoms with Crippen molar-refractivity contribution in [3.8, 4) is 11.1 Å². The van der Waals surface area contributed by atoms with Gasteiger partial charge in [-0.2, -0.15) is 0 Å². The van der Waals surface area contributed by atoms with Crippen LogP contribution in [0.1, 0.15) is 5.56 Å². The zero-order valence-corrected chi connectivity index (χ0v) is 23.1. The fourth-order valence-corrected chi connectivity index (χ4v) is 8.47. The second-order valence-corrected chi connectivity index (χ2v) is 21.7. The van der Waals surface area contributed by atoms with Gasteiger partial charge in [-0.25, -0.2) is 0 Å². The first-order valence-electron chi connectivity index (χ1n) is 12.4. The molecular formula is C32H29GeN2+. The van der Waals surface area contributed by atoms with Crippen LogP contribution < -0.4 is 8.96 Å². The van der Waals surface area contributed by atoms with Crippen molar-refractivity contribution in [2.24, 2.45) is 7.05 Å². The number of hydrogen-bond donors (Lipinski definition) is 0. The van der Waals surface area contributed by atoms with Crippen molar-refractivity contribution in [3.63, 3.8) is 0 Å². The fraction of sp³-hybridized carbons (Fsp3) is 0.156. The van der Waals surface area contributed by atoms with Gasteiger partial charge in [0, 0.05) is 0 Å². The Morgan fingerprint density at radius 1 is 0.743 bits per heavy atom. The molecule has 0 aliphatic heterocycles. The maximum atomic E-state index is 2.60. The molecule has 170 valence electrons. The van der Waals surface area contributed by atoms with Gasteiger partial charge in [-0.15, -0.1) is 0 Å². The molecule has 7 aromatic rings. The molecule has 0 N–H and O–H groups in total. The van der Waals surface area contributed by atoms with E-state index >= 15 is 0 Å². The van der Waals surface area contributed by atoms with Crippen LogP contribution in [0.25, 0.3) is 60.1 Å². The summed E-state index contributed by atoms with van der Waals surface area (Å²) in [6.45, 7) is 2.26. The summed E-state index contributed by atoms with van der Waals surface area (Å²) in [4.78, 5) is 0. The van der Waals surface area contributed by atoms with Crippen LogP contribution in [-0.4, -0.2) is 17.7 Å². The van der Waals surface area contributed by atoms with Crippen LogP contribution in [-0.2, 0) is 7.05 Å². The Kier molecular flexibility index (Phi) is 4.24. The van der Waals surface area contributed by atoms with Crippen molar-refractivity contribution in [2.45, 2.75) is 24.2 Å². The number of pyridine rings is 2. The van der Waals surface area contributed by atoms with Gasteiger partial charge in [0.2, 0.25) is 0 Å². The molecule has 0 aliphatic rings. The summed E-state index contributed by atoms with van der Waals surface area (Å²) in [5.41, 5.74) is 9.23. The Bertz CT molecular complexity index is 1940. The van der Waals surface area contributed by atoms with Gasteiger partial charge in [-0.3, -0.25) is 0 Å². The van der Waals surface area contributed by atoms with Gasteiger partial charge in [0.05, 0.1) is 0 Å². The molecule has 0 unspecified atom stereocenters. The van der Waals surface area contributed by atoms with Crippen molar-refractivity contribution < 1.29 is 4.57 Å². The van der Waals surface area contributed by atoms with Crippen LogP contribution in [0.3, 0.4) is 0 Å². The number of benzene rings is 4. The number of hydrogen-bond acceptors (Lipinski definition) is 0. The van der Waals surface area contributed by atoms with Crippen molar-refractivity contribution in [1.29, 1.82) is 0 Å². The third kappa shape index (κ3) is 2.80. The first-order valence-corrected chi connectivity index (χ1v) is 19.8. The van der Waals surface area contributed by atoms with E-state index in [0.717, 1.165) is 0 Å². The molecule has 7 rings (SSSR count). The SMILES string of the molecule is Cc1ccc2c3cccc(-c4ccccc4)c3n3c4c[c]([Ge]([CH3])([CH3])[CH3])cc5cc[n+](C)c(c1c23)c54. The molecule has 0 radical (unpaired) electrons. The zero-order valence-electron chi connectivity index (χ0n) is 21.0. The van der Waals surface area contributed by atoms with Crippen LogP contribution in [0.2, 0.25) is 17.3 Å². The van der Waals surface area contributed by atoms with E-state index in [-0.39, 0.29) is 0 Å². The molecule has 3 heterocycles. The van der Waals surface area contributed by atoms with Gasteiger partial charge in [0.15, 0.2) is 0 Å². The first-order chi connectivity index (χ1) is 16.8. The predicted molar refractivity (Wildman–Crippen MR) is 153 cm³/mol. The van der Waals surface area contributed by atoms with Crippen molar-refractivity contribution in [1.82, 2.24) is 4.40 Å². The van der Waals surface area contributed by atoms with E-state index in [1.54, 1.807) is 4.40 Å². The summed E-state index contributed by atoms with van der Waals surface area (Å²) in [5, 5.41) is 6.75. The average molecular weight is 514 g/mol. The summed E-state index contributed by atoms with van der Waals surface area (Å²) in [7, 11) is 2.19. The molecule has 0 spiro atoms. The van der Waals surface area contributed by atoms with E-state index in [4.69, 9.17) is 0 Å². The van der Waals surface area contributed by atoms with Crippen LogP contribution in [0.4, 0.5) is 0 Å². The van der Waals surface area contributed by atoms with Crippen LogP contribution in [0.15, 0.2) is 85.1 Å². The second kappa shape index (κ2) is 7.08. The Balaban J connectivity index is 1.87. The standard InChI is InChI=1S/C32H29GeN2/c1-20-14-15-26-25-13-9-12-24(21-10-7-6-8-11-21)30(25)35-27-19-23(33(2,3)4)18-22-16-17-34(5)32(29(22)27)28(20)31(26)35/h6-19H,1-5H3/q+1. The van der Waals surface area contributed by atoms with Gasteiger partial charge < -0.3 is 0 Å². The number of aryl methyl sites for hydroxylation is 2. The van der Waals surface area contributed by atoms with E-state index in [0.29, 0.717) is 0 Å². The van der Waals surface area contributed by atoms with E-state index in [1.807, 2.05) is 0 Å². The predicted octanol–water partition coefficient (Wildman–Crippen LogP) is 7.34. The molecule has 0 amide bonds. The Morgan fingerprint density at radius 2 is 1.51 bits per heavy atom. The Hall–Kier alpha value is -3.37. The molecule has 0 saturated carbocycles. The third-order valence-corrected chi connectivity index (χ3v) is 12.0. The minimum atomic E-state index is -2.09. The Morgan fingerprint density at radius 3 is 2.29 bits per heavy atom. The van der Waals surface area contributed by atoms with E-state index in [9.17, 15) is 0 Å². The molecule has 0 bridgehead atoms. The number of rotatable bonds is 2. The summed E-state index contributed by atoms with van der Waals surface area (Å²) in [6.07, 6.45) is 2.24. The van der Waals surface area contributed by atoms with E-state index in [2.05, 4.69) is 125 Å².